The van der Waals surface area contributed by atoms with E-state index in [0.717, 1.165) is 30.7 Å². The van der Waals surface area contributed by atoms with E-state index in [0.29, 0.717) is 25.6 Å². The van der Waals surface area contributed by atoms with Crippen LogP contribution in [0.5, 0.6) is 0 Å². The quantitative estimate of drug-likeness (QED) is 0.0636. The molecule has 2 radical (unpaired) electrons. The molecule has 0 aromatic carbocycles. The summed E-state index contributed by atoms with van der Waals surface area (Å²) in [7, 11) is 5.60. The summed E-state index contributed by atoms with van der Waals surface area (Å²) < 4.78 is 11.1. The van der Waals surface area contributed by atoms with Gasteiger partial charge in [-0.1, -0.05) is 0 Å². The number of aliphatic hydroxyl groups is 1. The van der Waals surface area contributed by atoms with Crippen LogP contribution in [0.15, 0.2) is 28.6 Å². The number of carboxylic acids is 3. The summed E-state index contributed by atoms with van der Waals surface area (Å²) in [6.45, 7) is 2.33. The van der Waals surface area contributed by atoms with Crippen molar-refractivity contribution in [2.75, 3.05) is 34.3 Å². The van der Waals surface area contributed by atoms with Crippen molar-refractivity contribution >= 4 is 44.1 Å². The summed E-state index contributed by atoms with van der Waals surface area (Å²) in [6.07, 6.45) is -1.08. The Hall–Kier alpha value is -2.81. The number of hydrogen-bond donors (Lipinski definition) is 3. The van der Waals surface area contributed by atoms with E-state index in [9.17, 15) is 39.8 Å². The van der Waals surface area contributed by atoms with Gasteiger partial charge in [0.1, 0.15) is 23.7 Å². The van der Waals surface area contributed by atoms with E-state index >= 15 is 0 Å². The minimum Gasteiger partial charge on any atom is -0.550 e. The van der Waals surface area contributed by atoms with Crippen molar-refractivity contribution in [1.82, 2.24) is 15.5 Å². The zero-order valence-electron chi connectivity index (χ0n) is 20.1. The van der Waals surface area contributed by atoms with Crippen LogP contribution in [0.25, 0.3) is 0 Å². The molecule has 0 aliphatic rings. The summed E-state index contributed by atoms with van der Waals surface area (Å²) in [5.74, 6) is -3.89. The third-order valence-corrected chi connectivity index (χ3v) is 3.97. The number of aliphatic carboxylic acids is 3. The first-order valence-electron chi connectivity index (χ1n) is 10.2. The zero-order chi connectivity index (χ0) is 27.0. The number of carboxylic acid groups (broad SMARTS) is 3. The summed E-state index contributed by atoms with van der Waals surface area (Å²) in [5.41, 5.74) is -2.97. The van der Waals surface area contributed by atoms with Crippen LogP contribution in [-0.4, -0.2) is 98.9 Å². The Morgan fingerprint density at radius 3 is 2.17 bits per heavy atom. The van der Waals surface area contributed by atoms with Gasteiger partial charge in [0.15, 0.2) is 5.82 Å². The number of rotatable bonds is 16. The van der Waals surface area contributed by atoms with E-state index in [1.54, 1.807) is 7.05 Å². The van der Waals surface area contributed by atoms with Crippen LogP contribution in [0.2, 0.25) is 0 Å². The summed E-state index contributed by atoms with van der Waals surface area (Å²) in [5, 5.41) is 54.9. The number of carbonyl (C=O) groups excluding carboxylic acids is 3. The monoisotopic (exact) mass is 710 g/mol. The van der Waals surface area contributed by atoms with Crippen LogP contribution in [0.1, 0.15) is 30.8 Å². The van der Waals surface area contributed by atoms with Gasteiger partial charge in [0.05, 0.1) is 17.4 Å². The first kappa shape index (κ1) is 35.4. The fourth-order valence-electron chi connectivity index (χ4n) is 2.45. The normalized spacial score (nSPS) is 11.1. The van der Waals surface area contributed by atoms with Gasteiger partial charge in [-0.25, -0.2) is 0 Å². The molecule has 0 saturated carbocycles. The molecule has 1 heterocycles. The predicted molar refractivity (Wildman–Crippen MR) is 117 cm³/mol. The molecular weight excluding hydrogens is 681 g/mol. The average Bonchev–Trinajstić information content (AvgIpc) is 3.14. The second kappa shape index (κ2) is 18.5. The van der Waals surface area contributed by atoms with E-state index in [1.165, 1.54) is 0 Å². The van der Waals surface area contributed by atoms with Crippen LogP contribution < -0.4 is 26.0 Å². The number of furan rings is 1. The second-order valence-corrected chi connectivity index (χ2v) is 7.43. The summed E-state index contributed by atoms with van der Waals surface area (Å²) in [4.78, 5) is 41.9. The van der Waals surface area contributed by atoms with Crippen LogP contribution in [0.4, 0.5) is 0 Å². The molecule has 1 aromatic heterocycles. The molecule has 0 fully saturated rings. The van der Waals surface area contributed by atoms with E-state index in [4.69, 9.17) is 14.3 Å². The fraction of sp³-hybridized carbons (Fsp3) is 0.550. The van der Waals surface area contributed by atoms with Gasteiger partial charge in [0.25, 0.3) is 6.20 Å². The molecule has 0 aliphatic heterocycles. The second-order valence-electron chi connectivity index (χ2n) is 7.43. The first-order chi connectivity index (χ1) is 16.3. The molecule has 36 heavy (non-hydrogen) atoms. The maximum absolute atomic E-state index is 10.3. The maximum Gasteiger partial charge on any atom is 3.00 e. The van der Waals surface area contributed by atoms with Crippen molar-refractivity contribution in [3.63, 3.8) is 0 Å². The third kappa shape index (κ3) is 16.8. The molecule has 1 rings (SSSR count). The first-order valence-corrected chi connectivity index (χ1v) is 10.2. The molecule has 0 aliphatic carbocycles. The van der Waals surface area contributed by atoms with Crippen molar-refractivity contribution in [2.45, 2.75) is 38.0 Å². The van der Waals surface area contributed by atoms with Crippen LogP contribution in [0, 0.1) is 10.1 Å². The largest absolute Gasteiger partial charge is 3.00 e. The fourth-order valence-corrected chi connectivity index (χ4v) is 2.45. The van der Waals surface area contributed by atoms with Crippen LogP contribution in [-0.2, 0) is 32.3 Å². The Kier molecular flexibility index (Phi) is 18.1. The number of nitro groups is 1. The minimum absolute atomic E-state index is 0. The topological polar surface area (TPSA) is 233 Å². The number of hydrogen-bond acceptors (Lipinski definition) is 14. The van der Waals surface area contributed by atoms with Gasteiger partial charge in [-0.05, 0) is 32.6 Å². The van der Waals surface area contributed by atoms with Crippen molar-refractivity contribution in [3.8, 4) is 0 Å². The van der Waals surface area contributed by atoms with Gasteiger partial charge in [-0.3, -0.25) is 10.1 Å². The Labute approximate surface area is 226 Å². The van der Waals surface area contributed by atoms with Gasteiger partial charge >= 0.3 is 26.2 Å². The summed E-state index contributed by atoms with van der Waals surface area (Å²) >= 11 is 0. The Morgan fingerprint density at radius 2 is 1.72 bits per heavy atom. The molecule has 0 bridgehead atoms. The molecule has 1 aromatic rings. The predicted octanol–water partition coefficient (Wildman–Crippen LogP) is -4.50. The van der Waals surface area contributed by atoms with Crippen molar-refractivity contribution in [2.24, 2.45) is 0 Å². The molecule has 0 atom stereocenters. The Morgan fingerprint density at radius 1 is 1.17 bits per heavy atom. The molecule has 0 amide bonds. The van der Waals surface area contributed by atoms with E-state index < -0.39 is 41.3 Å². The van der Waals surface area contributed by atoms with Gasteiger partial charge in [0, 0.05) is 45.0 Å². The molecule has 15 nitrogen and oxygen atoms in total. The van der Waals surface area contributed by atoms with Crippen LogP contribution in [0.3, 0.4) is 0 Å². The number of ether oxygens (including phenoxy) is 1. The number of nitrogens with zero attached hydrogens (tertiary/aromatic N) is 2. The molecule has 0 unspecified atom stereocenters. The van der Waals surface area contributed by atoms with Crippen LogP contribution >= 0.6 is 0 Å². The average molecular weight is 710 g/mol. The SMILES string of the molecule is CN/C(=C\[N+](=O)[O-])NCCCOCc1ccc(CN(C)C)o1.O=C([O-])CC(O)(CC(=O)[O-])C(=O)[O-].[Bi+3]. The van der Waals surface area contributed by atoms with Crippen molar-refractivity contribution in [1.29, 1.82) is 0 Å². The molecular formula is C20H29BiN4O11. The number of nitrogens with one attached hydrogen (secondary N) is 2. The van der Waals surface area contributed by atoms with Gasteiger partial charge < -0.3 is 59.5 Å². The smallest absolute Gasteiger partial charge is 0.550 e. The van der Waals surface area contributed by atoms with Gasteiger partial charge in [0.2, 0.25) is 0 Å². The molecule has 0 spiro atoms. The zero-order valence-corrected chi connectivity index (χ0v) is 23.5. The molecule has 200 valence electrons. The van der Waals surface area contributed by atoms with Gasteiger partial charge in [-0.15, -0.1) is 0 Å². The Balaban J connectivity index is 0. The molecule has 0 saturated heterocycles. The molecule has 3 N–H and O–H groups in total. The maximum atomic E-state index is 10.3. The third-order valence-electron chi connectivity index (χ3n) is 3.97. The Bertz CT molecular complexity index is 858. The molecule has 16 heteroatoms. The van der Waals surface area contributed by atoms with Crippen molar-refractivity contribution < 1.29 is 48.9 Å². The van der Waals surface area contributed by atoms with E-state index in [1.807, 2.05) is 31.1 Å². The number of carbonyl (C=O) groups is 3. The summed E-state index contributed by atoms with van der Waals surface area (Å²) in [6, 6.07) is 3.86. The van der Waals surface area contributed by atoms with Crippen molar-refractivity contribution in [3.05, 3.63) is 45.8 Å². The van der Waals surface area contributed by atoms with Gasteiger partial charge in [-0.2, -0.15) is 0 Å². The minimum atomic E-state index is -2.97. The van der Waals surface area contributed by atoms with E-state index in [2.05, 4.69) is 10.6 Å². The van der Waals surface area contributed by atoms with E-state index in [-0.39, 0.29) is 26.2 Å². The standard InChI is InChI=1S/C14H24N4O4.C6H8O7.Bi/c1-15-14(10-18(19)20)16-7-4-8-21-11-13-6-5-12(22-13)9-17(2)3;7-3(8)1-6(13,5(11)12)2-4(9)10;/h5-6,10,15-16H,4,7-9,11H2,1-3H3;13H,1-2H2,(H,7,8)(H,9,10)(H,11,12);/q;;+3/p-3/b14-10+;;.